The summed E-state index contributed by atoms with van der Waals surface area (Å²) in [6.07, 6.45) is 1.72. The molecule has 25 heavy (non-hydrogen) atoms. The highest BCUT2D eigenvalue weighted by Crippen LogP contribution is 2.31. The first kappa shape index (κ1) is 15.4. The number of nitrogen functional groups attached to an aromatic ring is 1. The largest absolute Gasteiger partial charge is 0.382 e. The van der Waals surface area contributed by atoms with Crippen LogP contribution in [-0.2, 0) is 0 Å². The van der Waals surface area contributed by atoms with E-state index in [4.69, 9.17) is 10.7 Å². The molecule has 2 aromatic carbocycles. The van der Waals surface area contributed by atoms with Crippen LogP contribution in [0, 0.1) is 11.3 Å². The number of anilines is 1. The second-order valence-electron chi connectivity index (χ2n) is 5.50. The van der Waals surface area contributed by atoms with Crippen molar-refractivity contribution in [2.45, 2.75) is 0 Å². The minimum atomic E-state index is 0.285. The van der Waals surface area contributed by atoms with Crippen LogP contribution in [0.5, 0.6) is 0 Å². The van der Waals surface area contributed by atoms with Crippen LogP contribution in [0.1, 0.15) is 5.56 Å². The number of nitrogens with zero attached hydrogens (tertiary/aromatic N) is 4. The predicted octanol–water partition coefficient (Wildman–Crippen LogP) is 4.28. The Hall–Kier alpha value is -3.17. The average molecular weight is 390 g/mol. The molecule has 0 amide bonds. The first-order valence-corrected chi connectivity index (χ1v) is 8.37. The van der Waals surface area contributed by atoms with Crippen LogP contribution in [0.3, 0.4) is 0 Å². The van der Waals surface area contributed by atoms with Gasteiger partial charge in [0, 0.05) is 15.6 Å². The van der Waals surface area contributed by atoms with Crippen LogP contribution in [-0.4, -0.2) is 14.6 Å². The van der Waals surface area contributed by atoms with E-state index in [-0.39, 0.29) is 5.82 Å². The third-order valence-corrected chi connectivity index (χ3v) is 4.47. The fourth-order valence-electron chi connectivity index (χ4n) is 2.79. The second kappa shape index (κ2) is 6.04. The highest BCUT2D eigenvalue weighted by Gasteiger charge is 2.18. The molecule has 0 fully saturated rings. The van der Waals surface area contributed by atoms with Gasteiger partial charge in [0.15, 0.2) is 5.65 Å². The quantitative estimate of drug-likeness (QED) is 0.554. The van der Waals surface area contributed by atoms with Crippen LogP contribution in [0.4, 0.5) is 5.82 Å². The molecule has 0 aliphatic heterocycles. The van der Waals surface area contributed by atoms with Gasteiger partial charge in [0.2, 0.25) is 0 Å². The van der Waals surface area contributed by atoms with Crippen LogP contribution >= 0.6 is 15.9 Å². The molecule has 5 nitrogen and oxygen atoms in total. The number of rotatable bonds is 2. The SMILES string of the molecule is N#Cc1c(-c2ccccc2)nc2c(-c3cccc(Br)c3)cnn2c1N. The number of aromatic nitrogens is 3. The number of hydrogen-bond donors (Lipinski definition) is 1. The van der Waals surface area contributed by atoms with E-state index in [0.29, 0.717) is 16.9 Å². The number of nitriles is 1. The summed E-state index contributed by atoms with van der Waals surface area (Å²) in [5, 5.41) is 13.9. The molecule has 2 aromatic heterocycles. The topological polar surface area (TPSA) is 80.0 Å². The van der Waals surface area contributed by atoms with Gasteiger partial charge < -0.3 is 5.73 Å². The predicted molar refractivity (Wildman–Crippen MR) is 101 cm³/mol. The van der Waals surface area contributed by atoms with Crippen molar-refractivity contribution >= 4 is 27.4 Å². The van der Waals surface area contributed by atoms with Crippen LogP contribution in [0.2, 0.25) is 0 Å². The van der Waals surface area contributed by atoms with Gasteiger partial charge in [-0.15, -0.1) is 0 Å². The van der Waals surface area contributed by atoms with Crippen molar-refractivity contribution < 1.29 is 0 Å². The lowest BCUT2D eigenvalue weighted by atomic mass is 10.1. The zero-order chi connectivity index (χ0) is 17.4. The molecule has 0 saturated carbocycles. The van der Waals surface area contributed by atoms with E-state index in [1.165, 1.54) is 4.52 Å². The van der Waals surface area contributed by atoms with Crippen LogP contribution in [0.15, 0.2) is 65.3 Å². The lowest BCUT2D eigenvalue weighted by Gasteiger charge is -2.09. The standard InChI is InChI=1S/C19H12BrN5/c20-14-8-4-7-13(9-14)16-11-23-25-18(22)15(10-21)17(24-19(16)25)12-5-2-1-3-6-12/h1-9,11H,22H2. The Bertz CT molecular complexity index is 1130. The summed E-state index contributed by atoms with van der Waals surface area (Å²) in [5.74, 6) is 0.285. The summed E-state index contributed by atoms with van der Waals surface area (Å²) < 4.78 is 2.48. The maximum Gasteiger partial charge on any atom is 0.165 e. The Kier molecular flexibility index (Phi) is 3.71. The molecular weight excluding hydrogens is 378 g/mol. The lowest BCUT2D eigenvalue weighted by Crippen LogP contribution is -2.06. The second-order valence-corrected chi connectivity index (χ2v) is 6.42. The van der Waals surface area contributed by atoms with Gasteiger partial charge in [-0.05, 0) is 17.7 Å². The molecule has 4 rings (SSSR count). The van der Waals surface area contributed by atoms with Crippen molar-refractivity contribution in [1.82, 2.24) is 14.6 Å². The first-order valence-electron chi connectivity index (χ1n) is 7.57. The van der Waals surface area contributed by atoms with Crippen molar-refractivity contribution in [1.29, 1.82) is 5.26 Å². The zero-order valence-corrected chi connectivity index (χ0v) is 14.6. The molecule has 120 valence electrons. The Morgan fingerprint density at radius 2 is 1.80 bits per heavy atom. The molecule has 0 aliphatic carbocycles. The Morgan fingerprint density at radius 1 is 1.04 bits per heavy atom. The van der Waals surface area contributed by atoms with Crippen molar-refractivity contribution in [3.63, 3.8) is 0 Å². The normalized spacial score (nSPS) is 10.7. The molecule has 0 spiro atoms. The Balaban J connectivity index is 2.04. The van der Waals surface area contributed by atoms with Gasteiger partial charge in [-0.25, -0.2) is 4.98 Å². The fourth-order valence-corrected chi connectivity index (χ4v) is 3.19. The van der Waals surface area contributed by atoms with Gasteiger partial charge in [0.05, 0.1) is 11.9 Å². The van der Waals surface area contributed by atoms with E-state index in [1.807, 2.05) is 54.6 Å². The summed E-state index contributed by atoms with van der Waals surface area (Å²) in [6, 6.07) is 19.6. The van der Waals surface area contributed by atoms with E-state index in [0.717, 1.165) is 21.2 Å². The molecule has 6 heteroatoms. The van der Waals surface area contributed by atoms with Crippen molar-refractivity contribution in [2.24, 2.45) is 0 Å². The number of hydrogen-bond acceptors (Lipinski definition) is 4. The molecular formula is C19H12BrN5. The smallest absolute Gasteiger partial charge is 0.165 e. The lowest BCUT2D eigenvalue weighted by molar-refractivity contribution is 0.950. The first-order chi connectivity index (χ1) is 12.2. The van der Waals surface area contributed by atoms with E-state index in [2.05, 4.69) is 27.1 Å². The molecule has 0 radical (unpaired) electrons. The maximum atomic E-state index is 9.56. The van der Waals surface area contributed by atoms with E-state index < -0.39 is 0 Å². The van der Waals surface area contributed by atoms with Gasteiger partial charge in [0.1, 0.15) is 17.5 Å². The average Bonchev–Trinajstić information content (AvgIpc) is 3.07. The van der Waals surface area contributed by atoms with E-state index >= 15 is 0 Å². The zero-order valence-electron chi connectivity index (χ0n) is 13.0. The summed E-state index contributed by atoms with van der Waals surface area (Å²) in [5.41, 5.74) is 10.4. The number of nitrogens with two attached hydrogens (primary N) is 1. The maximum absolute atomic E-state index is 9.56. The number of fused-ring (bicyclic) bond motifs is 1. The third-order valence-electron chi connectivity index (χ3n) is 3.98. The highest BCUT2D eigenvalue weighted by molar-refractivity contribution is 9.10. The summed E-state index contributed by atoms with van der Waals surface area (Å²) in [7, 11) is 0. The van der Waals surface area contributed by atoms with Crippen LogP contribution < -0.4 is 5.73 Å². The Morgan fingerprint density at radius 3 is 2.52 bits per heavy atom. The van der Waals surface area contributed by atoms with Gasteiger partial charge in [-0.2, -0.15) is 14.9 Å². The fraction of sp³-hybridized carbons (Fsp3) is 0. The summed E-state index contributed by atoms with van der Waals surface area (Å²) in [6.45, 7) is 0. The molecule has 0 atom stereocenters. The molecule has 0 saturated heterocycles. The van der Waals surface area contributed by atoms with Gasteiger partial charge in [-0.1, -0.05) is 58.4 Å². The molecule has 4 aromatic rings. The number of halogens is 1. The van der Waals surface area contributed by atoms with Crippen molar-refractivity contribution in [3.05, 3.63) is 70.8 Å². The molecule has 2 N–H and O–H groups in total. The molecule has 0 bridgehead atoms. The monoisotopic (exact) mass is 389 g/mol. The highest BCUT2D eigenvalue weighted by atomic mass is 79.9. The van der Waals surface area contributed by atoms with E-state index in [9.17, 15) is 5.26 Å². The van der Waals surface area contributed by atoms with E-state index in [1.54, 1.807) is 6.20 Å². The summed E-state index contributed by atoms with van der Waals surface area (Å²) >= 11 is 3.48. The summed E-state index contributed by atoms with van der Waals surface area (Å²) in [4.78, 5) is 4.73. The molecule has 0 unspecified atom stereocenters. The minimum Gasteiger partial charge on any atom is -0.382 e. The van der Waals surface area contributed by atoms with Gasteiger partial charge in [0.25, 0.3) is 0 Å². The van der Waals surface area contributed by atoms with Gasteiger partial charge in [-0.3, -0.25) is 0 Å². The Labute approximate surface area is 152 Å². The third kappa shape index (κ3) is 2.55. The van der Waals surface area contributed by atoms with Crippen molar-refractivity contribution in [3.8, 4) is 28.5 Å². The van der Waals surface area contributed by atoms with Gasteiger partial charge >= 0.3 is 0 Å². The number of benzene rings is 2. The van der Waals surface area contributed by atoms with Crippen LogP contribution in [0.25, 0.3) is 28.0 Å². The molecule has 2 heterocycles. The van der Waals surface area contributed by atoms with Crippen molar-refractivity contribution in [2.75, 3.05) is 5.73 Å². The molecule has 0 aliphatic rings. The minimum absolute atomic E-state index is 0.285.